The van der Waals surface area contributed by atoms with Gasteiger partial charge in [0.2, 0.25) is 0 Å². The topological polar surface area (TPSA) is 0 Å². The Hall–Kier alpha value is -0.260. The maximum absolute atomic E-state index is 2.33. The average molecular weight is 126 g/mol. The lowest BCUT2D eigenvalue weighted by atomic mass is 10.1. The van der Waals surface area contributed by atoms with Crippen molar-refractivity contribution in [3.8, 4) is 0 Å². The molecule has 54 valence electrons. The predicted octanol–water partition coefficient (Wildman–Crippen LogP) is 3.39. The van der Waals surface area contributed by atoms with Crippen LogP contribution < -0.4 is 0 Å². The van der Waals surface area contributed by atoms with Gasteiger partial charge in [-0.2, -0.15) is 0 Å². The maximum atomic E-state index is 2.33. The second-order valence-electron chi connectivity index (χ2n) is 2.17. The van der Waals surface area contributed by atoms with E-state index in [2.05, 4.69) is 19.1 Å². The molecular formula is C9H18. The average Bonchev–Trinajstić information content (AvgIpc) is 2.43. The Labute approximate surface area is 59.0 Å². The molecule has 0 aromatic rings. The van der Waals surface area contributed by atoms with Gasteiger partial charge >= 0.3 is 0 Å². The number of hydrogen-bond donors (Lipinski definition) is 0. The number of rotatable bonds is 1. The van der Waals surface area contributed by atoms with Crippen molar-refractivity contribution in [1.82, 2.24) is 0 Å². The molecule has 0 aromatic heterocycles. The van der Waals surface area contributed by atoms with Gasteiger partial charge in [0, 0.05) is 0 Å². The molecule has 1 rings (SSSR count). The Morgan fingerprint density at radius 2 is 2.11 bits per heavy atom. The van der Waals surface area contributed by atoms with E-state index >= 15 is 0 Å². The van der Waals surface area contributed by atoms with E-state index in [4.69, 9.17) is 0 Å². The third-order valence-corrected chi connectivity index (χ3v) is 1.64. The quantitative estimate of drug-likeness (QED) is 0.472. The molecule has 0 N–H and O–H groups in total. The van der Waals surface area contributed by atoms with Crippen LogP contribution in [0.4, 0.5) is 0 Å². The Bertz CT molecular complexity index is 72.1. The molecule has 0 aromatic carbocycles. The summed E-state index contributed by atoms with van der Waals surface area (Å²) in [4.78, 5) is 0. The van der Waals surface area contributed by atoms with E-state index in [1.807, 2.05) is 13.8 Å². The van der Waals surface area contributed by atoms with E-state index in [0.717, 1.165) is 5.92 Å². The van der Waals surface area contributed by atoms with Gasteiger partial charge in [0.1, 0.15) is 0 Å². The lowest BCUT2D eigenvalue weighted by Crippen LogP contribution is -1.84. The van der Waals surface area contributed by atoms with Gasteiger partial charge in [0.25, 0.3) is 0 Å². The van der Waals surface area contributed by atoms with Crippen molar-refractivity contribution in [2.24, 2.45) is 5.92 Å². The molecule has 1 aliphatic rings. The van der Waals surface area contributed by atoms with Gasteiger partial charge in [-0.15, -0.1) is 0 Å². The minimum Gasteiger partial charge on any atom is -0.0882 e. The molecule has 1 aliphatic carbocycles. The van der Waals surface area contributed by atoms with Crippen molar-refractivity contribution in [2.75, 3.05) is 0 Å². The summed E-state index contributed by atoms with van der Waals surface area (Å²) < 4.78 is 0. The zero-order valence-electron chi connectivity index (χ0n) is 6.85. The highest BCUT2D eigenvalue weighted by molar-refractivity contribution is 4.95. The van der Waals surface area contributed by atoms with Crippen LogP contribution in [0.5, 0.6) is 0 Å². The van der Waals surface area contributed by atoms with Crippen LogP contribution in [0.2, 0.25) is 0 Å². The first-order valence-corrected chi connectivity index (χ1v) is 4.10. The summed E-state index contributed by atoms with van der Waals surface area (Å²) in [5.41, 5.74) is 0. The van der Waals surface area contributed by atoms with Gasteiger partial charge in [-0.1, -0.05) is 32.9 Å². The van der Waals surface area contributed by atoms with E-state index in [1.165, 1.54) is 19.3 Å². The first-order chi connectivity index (χ1) is 4.43. The van der Waals surface area contributed by atoms with Crippen LogP contribution in [0.1, 0.15) is 40.0 Å². The summed E-state index contributed by atoms with van der Waals surface area (Å²) in [5, 5.41) is 0. The molecule has 0 fully saturated rings. The van der Waals surface area contributed by atoms with Crippen LogP contribution in [-0.2, 0) is 0 Å². The fourth-order valence-corrected chi connectivity index (χ4v) is 1.04. The highest BCUT2D eigenvalue weighted by atomic mass is 14.1. The van der Waals surface area contributed by atoms with Crippen molar-refractivity contribution >= 4 is 0 Å². The fourth-order valence-electron chi connectivity index (χ4n) is 1.04. The molecule has 9 heavy (non-hydrogen) atoms. The summed E-state index contributed by atoms with van der Waals surface area (Å²) in [6.07, 6.45) is 8.67. The van der Waals surface area contributed by atoms with Crippen LogP contribution in [0.15, 0.2) is 12.2 Å². The van der Waals surface area contributed by atoms with Crippen LogP contribution in [-0.4, -0.2) is 0 Å². The third kappa shape index (κ3) is 3.34. The van der Waals surface area contributed by atoms with Crippen molar-refractivity contribution in [1.29, 1.82) is 0 Å². The maximum Gasteiger partial charge on any atom is -0.0233 e. The van der Waals surface area contributed by atoms with Crippen LogP contribution in [0.25, 0.3) is 0 Å². The highest BCUT2D eigenvalue weighted by Crippen LogP contribution is 2.18. The Kier molecular flexibility index (Phi) is 5.70. The Balaban J connectivity index is 0.000000291. The first-order valence-electron chi connectivity index (χ1n) is 4.10. The molecular weight excluding hydrogens is 108 g/mol. The van der Waals surface area contributed by atoms with Crippen LogP contribution in [0, 0.1) is 5.92 Å². The first kappa shape index (κ1) is 8.74. The van der Waals surface area contributed by atoms with Crippen molar-refractivity contribution in [2.45, 2.75) is 40.0 Å². The minimum absolute atomic E-state index is 0.917. The molecule has 0 bridgehead atoms. The van der Waals surface area contributed by atoms with Gasteiger partial charge < -0.3 is 0 Å². The van der Waals surface area contributed by atoms with Gasteiger partial charge in [-0.25, -0.2) is 0 Å². The minimum atomic E-state index is 0.917. The number of allylic oxidation sites excluding steroid dienone is 2. The SMILES string of the molecule is CC.CC[C@H]1C=CCC1. The summed E-state index contributed by atoms with van der Waals surface area (Å²) >= 11 is 0. The zero-order chi connectivity index (χ0) is 7.11. The Morgan fingerprint density at radius 3 is 2.33 bits per heavy atom. The van der Waals surface area contributed by atoms with Gasteiger partial charge in [0.05, 0.1) is 0 Å². The zero-order valence-corrected chi connectivity index (χ0v) is 6.85. The van der Waals surface area contributed by atoms with Crippen molar-refractivity contribution < 1.29 is 0 Å². The molecule has 1 atom stereocenters. The molecule has 0 heteroatoms. The number of hydrogen-bond acceptors (Lipinski definition) is 0. The molecule has 0 heterocycles. The van der Waals surface area contributed by atoms with Crippen LogP contribution in [0.3, 0.4) is 0 Å². The van der Waals surface area contributed by atoms with Crippen LogP contribution >= 0.6 is 0 Å². The molecule has 0 nitrogen and oxygen atoms in total. The lowest BCUT2D eigenvalue weighted by molar-refractivity contribution is 0.612. The van der Waals surface area contributed by atoms with Crippen molar-refractivity contribution in [3.63, 3.8) is 0 Å². The van der Waals surface area contributed by atoms with E-state index in [1.54, 1.807) is 0 Å². The van der Waals surface area contributed by atoms with E-state index in [0.29, 0.717) is 0 Å². The molecule has 0 aliphatic heterocycles. The molecule has 0 spiro atoms. The molecule has 0 saturated carbocycles. The summed E-state index contributed by atoms with van der Waals surface area (Å²) in [7, 11) is 0. The normalized spacial score (nSPS) is 23.2. The van der Waals surface area contributed by atoms with Gasteiger partial charge in [-0.3, -0.25) is 0 Å². The summed E-state index contributed by atoms with van der Waals surface area (Å²) in [6.45, 7) is 6.25. The third-order valence-electron chi connectivity index (χ3n) is 1.64. The molecule has 0 saturated heterocycles. The highest BCUT2D eigenvalue weighted by Gasteiger charge is 2.03. The predicted molar refractivity (Wildman–Crippen MR) is 43.5 cm³/mol. The monoisotopic (exact) mass is 126 g/mol. The summed E-state index contributed by atoms with van der Waals surface area (Å²) in [5.74, 6) is 0.917. The van der Waals surface area contributed by atoms with Gasteiger partial charge in [-0.05, 0) is 25.2 Å². The summed E-state index contributed by atoms with van der Waals surface area (Å²) in [6, 6.07) is 0. The van der Waals surface area contributed by atoms with E-state index in [-0.39, 0.29) is 0 Å². The lowest BCUT2D eigenvalue weighted by Gasteiger charge is -1.97. The molecule has 0 radical (unpaired) electrons. The molecule has 0 unspecified atom stereocenters. The second-order valence-corrected chi connectivity index (χ2v) is 2.17. The van der Waals surface area contributed by atoms with Crippen molar-refractivity contribution in [3.05, 3.63) is 12.2 Å². The van der Waals surface area contributed by atoms with E-state index < -0.39 is 0 Å². The largest absolute Gasteiger partial charge is 0.0882 e. The molecule has 0 amide bonds. The standard InChI is InChI=1S/C7H12.C2H6/c1-2-7-5-3-4-6-7;1-2/h3,5,7H,2,4,6H2,1H3;1-2H3/t7-;/m0./s1. The van der Waals surface area contributed by atoms with E-state index in [9.17, 15) is 0 Å². The van der Waals surface area contributed by atoms with Gasteiger partial charge in [0.15, 0.2) is 0 Å². The smallest absolute Gasteiger partial charge is 0.0233 e. The second kappa shape index (κ2) is 5.87. The fraction of sp³-hybridized carbons (Fsp3) is 0.778. The Morgan fingerprint density at radius 1 is 1.44 bits per heavy atom.